The van der Waals surface area contributed by atoms with Gasteiger partial charge in [-0.05, 0) is 37.8 Å². The summed E-state index contributed by atoms with van der Waals surface area (Å²) < 4.78 is 5.92. The van der Waals surface area contributed by atoms with Crippen molar-refractivity contribution >= 4 is 5.88 Å². The molecule has 1 aromatic carbocycles. The molecule has 0 spiro atoms. The van der Waals surface area contributed by atoms with Crippen molar-refractivity contribution in [3.8, 4) is 6.07 Å². The zero-order chi connectivity index (χ0) is 17.1. The smallest absolute Gasteiger partial charge is 0.234 e. The maximum absolute atomic E-state index is 9.33. The Labute approximate surface area is 148 Å². The highest BCUT2D eigenvalue weighted by atomic mass is 16.4. The Kier molecular flexibility index (Phi) is 4.71. The first-order valence-electron chi connectivity index (χ1n) is 9.25. The lowest BCUT2D eigenvalue weighted by Gasteiger charge is -2.34. The molecular formula is C20H24N4O. The monoisotopic (exact) mass is 336 g/mol. The van der Waals surface area contributed by atoms with Crippen LogP contribution in [-0.2, 0) is 6.42 Å². The highest BCUT2D eigenvalue weighted by molar-refractivity contribution is 5.48. The Balaban J connectivity index is 1.27. The Morgan fingerprint density at radius 2 is 1.88 bits per heavy atom. The third kappa shape index (κ3) is 3.85. The normalized spacial score (nSPS) is 18.3. The molecule has 0 unspecified atom stereocenters. The summed E-state index contributed by atoms with van der Waals surface area (Å²) in [5.74, 6) is 1.89. The minimum absolute atomic E-state index is 0.445. The van der Waals surface area contributed by atoms with Crippen molar-refractivity contribution in [3.05, 3.63) is 47.5 Å². The van der Waals surface area contributed by atoms with Crippen LogP contribution in [0.1, 0.15) is 42.3 Å². The maximum atomic E-state index is 9.33. The summed E-state index contributed by atoms with van der Waals surface area (Å²) in [5.41, 5.74) is 1.87. The van der Waals surface area contributed by atoms with E-state index >= 15 is 0 Å². The molecule has 0 bridgehead atoms. The molecule has 0 N–H and O–H groups in total. The van der Waals surface area contributed by atoms with Crippen LogP contribution in [0, 0.1) is 11.3 Å². The molecule has 5 nitrogen and oxygen atoms in total. The van der Waals surface area contributed by atoms with Crippen molar-refractivity contribution in [2.75, 3.05) is 37.6 Å². The number of hydrogen-bond donors (Lipinski definition) is 0. The van der Waals surface area contributed by atoms with Crippen molar-refractivity contribution in [3.63, 3.8) is 0 Å². The molecule has 4 rings (SSSR count). The highest BCUT2D eigenvalue weighted by Crippen LogP contribution is 2.41. The Hall–Kier alpha value is -2.32. The third-order valence-corrected chi connectivity index (χ3v) is 5.10. The summed E-state index contributed by atoms with van der Waals surface area (Å²) in [7, 11) is 0. The van der Waals surface area contributed by atoms with Crippen LogP contribution >= 0.6 is 0 Å². The second kappa shape index (κ2) is 7.28. The van der Waals surface area contributed by atoms with E-state index < -0.39 is 0 Å². The number of nitrogens with zero attached hydrogens (tertiary/aromatic N) is 4. The van der Waals surface area contributed by atoms with Gasteiger partial charge in [0.05, 0.1) is 0 Å². The van der Waals surface area contributed by atoms with Crippen LogP contribution in [-0.4, -0.2) is 42.6 Å². The van der Waals surface area contributed by atoms with Gasteiger partial charge in [0.2, 0.25) is 17.5 Å². The van der Waals surface area contributed by atoms with Crippen molar-refractivity contribution in [2.24, 2.45) is 0 Å². The number of nitriles is 1. The number of benzene rings is 1. The van der Waals surface area contributed by atoms with Crippen molar-refractivity contribution in [2.45, 2.75) is 31.6 Å². The van der Waals surface area contributed by atoms with Crippen LogP contribution in [0.4, 0.5) is 5.88 Å². The number of oxazole rings is 1. The first kappa shape index (κ1) is 16.2. The van der Waals surface area contributed by atoms with Crippen LogP contribution in [0.25, 0.3) is 0 Å². The quantitative estimate of drug-likeness (QED) is 0.811. The lowest BCUT2D eigenvalue weighted by Crippen LogP contribution is -2.46. The molecule has 1 aromatic heterocycles. The topological polar surface area (TPSA) is 56.3 Å². The maximum Gasteiger partial charge on any atom is 0.234 e. The van der Waals surface area contributed by atoms with E-state index in [-0.39, 0.29) is 0 Å². The van der Waals surface area contributed by atoms with Gasteiger partial charge in [-0.25, -0.2) is 4.98 Å². The summed E-state index contributed by atoms with van der Waals surface area (Å²) in [4.78, 5) is 9.07. The van der Waals surface area contributed by atoms with Gasteiger partial charge in [-0.15, -0.1) is 0 Å². The standard InChI is InChI=1S/C20H24N4O/c21-15-18-20(25-19(22-18)17-8-9-17)24-13-11-23(12-14-24)10-4-7-16-5-2-1-3-6-16/h1-3,5-6,17H,4,7-14H2. The number of anilines is 1. The van der Waals surface area contributed by atoms with Crippen molar-refractivity contribution in [1.29, 1.82) is 5.26 Å². The molecule has 130 valence electrons. The first-order chi connectivity index (χ1) is 12.3. The molecule has 1 aliphatic carbocycles. The van der Waals surface area contributed by atoms with Crippen molar-refractivity contribution in [1.82, 2.24) is 9.88 Å². The van der Waals surface area contributed by atoms with Crippen molar-refractivity contribution < 1.29 is 4.42 Å². The van der Waals surface area contributed by atoms with Crippen LogP contribution in [0.5, 0.6) is 0 Å². The molecule has 0 atom stereocenters. The van der Waals surface area contributed by atoms with E-state index in [1.807, 2.05) is 0 Å². The van der Waals surface area contributed by atoms with E-state index in [1.54, 1.807) is 0 Å². The number of hydrogen-bond acceptors (Lipinski definition) is 5. The molecule has 5 heteroatoms. The molecule has 0 amide bonds. The first-order valence-corrected chi connectivity index (χ1v) is 9.25. The summed E-state index contributed by atoms with van der Waals surface area (Å²) >= 11 is 0. The fourth-order valence-corrected chi connectivity index (χ4v) is 3.45. The largest absolute Gasteiger partial charge is 0.423 e. The van der Waals surface area contributed by atoms with Crippen LogP contribution in [0.15, 0.2) is 34.7 Å². The van der Waals surface area contributed by atoms with Gasteiger partial charge in [0.15, 0.2) is 0 Å². The average Bonchev–Trinajstić information content (AvgIpc) is 3.42. The van der Waals surface area contributed by atoms with Gasteiger partial charge in [-0.2, -0.15) is 5.26 Å². The fraction of sp³-hybridized carbons (Fsp3) is 0.500. The van der Waals surface area contributed by atoms with E-state index in [9.17, 15) is 5.26 Å². The summed E-state index contributed by atoms with van der Waals surface area (Å²) in [6.45, 7) is 4.95. The molecule has 0 radical (unpaired) electrons. The molecule has 1 aliphatic heterocycles. The number of aryl methyl sites for hydroxylation is 1. The predicted octanol–water partition coefficient (Wildman–Crippen LogP) is 3.18. The molecule has 2 fully saturated rings. The number of aromatic nitrogens is 1. The van der Waals surface area contributed by atoms with E-state index in [4.69, 9.17) is 4.42 Å². The number of rotatable bonds is 6. The zero-order valence-corrected chi connectivity index (χ0v) is 14.5. The minimum Gasteiger partial charge on any atom is -0.423 e. The van der Waals surface area contributed by atoms with Gasteiger partial charge in [0, 0.05) is 32.1 Å². The van der Waals surface area contributed by atoms with E-state index in [2.05, 4.69) is 51.2 Å². The minimum atomic E-state index is 0.445. The molecule has 2 heterocycles. The Morgan fingerprint density at radius 1 is 1.12 bits per heavy atom. The van der Waals surface area contributed by atoms with Gasteiger partial charge in [0.25, 0.3) is 0 Å². The summed E-state index contributed by atoms with van der Waals surface area (Å²) in [6.07, 6.45) is 4.59. The lowest BCUT2D eigenvalue weighted by molar-refractivity contribution is 0.250. The average molecular weight is 336 g/mol. The summed E-state index contributed by atoms with van der Waals surface area (Å²) in [5, 5.41) is 9.33. The predicted molar refractivity (Wildman–Crippen MR) is 96.6 cm³/mol. The van der Waals surface area contributed by atoms with Gasteiger partial charge < -0.3 is 9.32 Å². The Morgan fingerprint density at radius 3 is 2.56 bits per heavy atom. The molecule has 25 heavy (non-hydrogen) atoms. The third-order valence-electron chi connectivity index (χ3n) is 5.10. The zero-order valence-electron chi connectivity index (χ0n) is 14.5. The fourth-order valence-electron chi connectivity index (χ4n) is 3.45. The SMILES string of the molecule is N#Cc1nc(C2CC2)oc1N1CCN(CCCc2ccccc2)CC1. The van der Waals surface area contributed by atoms with Crippen LogP contribution in [0.3, 0.4) is 0 Å². The van der Waals surface area contributed by atoms with E-state index in [0.29, 0.717) is 17.5 Å². The molecular weight excluding hydrogens is 312 g/mol. The Bertz CT molecular complexity index is 737. The second-order valence-corrected chi connectivity index (χ2v) is 7.01. The molecule has 2 aromatic rings. The van der Waals surface area contributed by atoms with E-state index in [1.165, 1.54) is 12.0 Å². The van der Waals surface area contributed by atoms with Gasteiger partial charge in [0.1, 0.15) is 6.07 Å². The van der Waals surface area contributed by atoms with Gasteiger partial charge in [-0.1, -0.05) is 30.3 Å². The van der Waals surface area contributed by atoms with Crippen LogP contribution < -0.4 is 4.90 Å². The summed E-state index contributed by atoms with van der Waals surface area (Å²) in [6, 6.07) is 12.9. The highest BCUT2D eigenvalue weighted by Gasteiger charge is 2.32. The number of piperazine rings is 1. The second-order valence-electron chi connectivity index (χ2n) is 7.01. The van der Waals surface area contributed by atoms with Gasteiger partial charge in [-0.3, -0.25) is 4.90 Å². The molecule has 1 saturated heterocycles. The lowest BCUT2D eigenvalue weighted by atomic mass is 10.1. The molecule has 1 saturated carbocycles. The van der Waals surface area contributed by atoms with E-state index in [0.717, 1.165) is 57.9 Å². The van der Waals surface area contributed by atoms with Gasteiger partial charge >= 0.3 is 0 Å². The van der Waals surface area contributed by atoms with Crippen LogP contribution in [0.2, 0.25) is 0 Å². The molecule has 2 aliphatic rings.